The van der Waals surface area contributed by atoms with Crippen molar-refractivity contribution in [3.05, 3.63) is 78.6 Å². The highest BCUT2D eigenvalue weighted by molar-refractivity contribution is 14.2. The second-order valence-electron chi connectivity index (χ2n) is 4.90. The molecular weight excluding hydrogens is 399 g/mol. The molecule has 3 rings (SSSR count). The molecule has 0 unspecified atom stereocenters. The van der Waals surface area contributed by atoms with Crippen LogP contribution in [0.25, 0.3) is 0 Å². The minimum atomic E-state index is -0.143. The van der Waals surface area contributed by atoms with E-state index < -0.39 is 0 Å². The van der Waals surface area contributed by atoms with Gasteiger partial charge in [0.05, 0.1) is 11.4 Å². The minimum Gasteiger partial charge on any atom is -0.356 e. The summed E-state index contributed by atoms with van der Waals surface area (Å²) in [6.07, 6.45) is 6.05. The maximum absolute atomic E-state index is 4.32. The zero-order valence-electron chi connectivity index (χ0n) is 12.7. The number of nitrogens with zero attached hydrogens (tertiary/aromatic N) is 3. The number of azo groups is 1. The molecule has 0 bridgehead atoms. The minimum absolute atomic E-state index is 0.143. The fourth-order valence-electron chi connectivity index (χ4n) is 1.93. The lowest BCUT2D eigenvalue weighted by Gasteiger charge is -2.05. The number of benzene rings is 2. The highest BCUT2D eigenvalue weighted by Gasteiger charge is 1.97. The summed E-state index contributed by atoms with van der Waals surface area (Å²) in [4.78, 5) is 0. The van der Waals surface area contributed by atoms with Gasteiger partial charge in [-0.05, 0) is 48.6 Å². The van der Waals surface area contributed by atoms with E-state index in [1.54, 1.807) is 0 Å². The molecule has 2 aromatic rings. The average Bonchev–Trinajstić information content (AvgIpc) is 2.80. The van der Waals surface area contributed by atoms with Gasteiger partial charge in [0.1, 0.15) is 0 Å². The van der Waals surface area contributed by atoms with Gasteiger partial charge in [-0.25, -0.2) is 0 Å². The number of hydrogen-bond donors (Lipinski definition) is 1. The van der Waals surface area contributed by atoms with E-state index in [-0.39, 0.29) is 21.0 Å². The zero-order valence-corrected chi connectivity index (χ0v) is 14.9. The first-order valence-corrected chi connectivity index (χ1v) is 9.43. The fourth-order valence-corrected chi connectivity index (χ4v) is 3.35. The molecule has 1 heterocycles. The summed E-state index contributed by atoms with van der Waals surface area (Å²) in [7, 11) is 2.08. The first-order chi connectivity index (χ1) is 11.3. The van der Waals surface area contributed by atoms with Gasteiger partial charge in [0.15, 0.2) is 0 Å². The molecule has 0 saturated carbocycles. The van der Waals surface area contributed by atoms with Crippen LogP contribution < -0.4 is 5.32 Å². The lowest BCUT2D eigenvalue weighted by atomic mass is 10.2. The molecule has 0 spiro atoms. The summed E-state index contributed by atoms with van der Waals surface area (Å²) in [6.45, 7) is 0. The number of allylic oxidation sites excluding steroid dienone is 3. The fraction of sp³-hybridized carbons (Fsp3) is 0.0556. The third kappa shape index (κ3) is 4.85. The van der Waals surface area contributed by atoms with E-state index in [1.807, 2.05) is 66.7 Å². The summed E-state index contributed by atoms with van der Waals surface area (Å²) >= 11 is -0.143. The molecule has 116 valence electrons. The Bertz CT molecular complexity index is 761. The van der Waals surface area contributed by atoms with Crippen molar-refractivity contribution >= 4 is 42.1 Å². The highest BCUT2D eigenvalue weighted by Crippen LogP contribution is 2.21. The molecule has 0 fully saturated rings. The first kappa shape index (κ1) is 15.6. The summed E-state index contributed by atoms with van der Waals surface area (Å²) < 4.78 is 4.36. The van der Waals surface area contributed by atoms with Crippen LogP contribution in [0.15, 0.2) is 88.9 Å². The van der Waals surface area contributed by atoms with Crippen LogP contribution in [0.4, 0.5) is 17.1 Å². The first-order valence-electron chi connectivity index (χ1n) is 7.22. The zero-order chi connectivity index (χ0) is 15.9. The van der Waals surface area contributed by atoms with Gasteiger partial charge >= 0.3 is 0 Å². The second kappa shape index (κ2) is 7.82. The van der Waals surface area contributed by atoms with Crippen LogP contribution in [0.1, 0.15) is 0 Å². The van der Waals surface area contributed by atoms with E-state index in [2.05, 4.69) is 35.9 Å². The Morgan fingerprint density at radius 2 is 1.65 bits per heavy atom. The average molecular weight is 416 g/mol. The van der Waals surface area contributed by atoms with Crippen molar-refractivity contribution in [2.45, 2.75) is 0 Å². The molecule has 0 radical (unpaired) electrons. The Balaban J connectivity index is 1.66. The molecule has 0 aromatic heterocycles. The summed E-state index contributed by atoms with van der Waals surface area (Å²) in [5.41, 5.74) is 3.87. The van der Waals surface area contributed by atoms with E-state index >= 15 is 0 Å². The van der Waals surface area contributed by atoms with E-state index in [4.69, 9.17) is 0 Å². The van der Waals surface area contributed by atoms with Crippen LogP contribution in [-0.2, 0) is 0 Å². The second-order valence-corrected chi connectivity index (χ2v) is 7.60. The van der Waals surface area contributed by atoms with Crippen molar-refractivity contribution in [1.29, 1.82) is 0 Å². The maximum atomic E-state index is 4.32. The maximum Gasteiger partial charge on any atom is 0.0927 e. The third-order valence-corrected chi connectivity index (χ3v) is 5.20. The molecule has 1 aliphatic heterocycles. The molecule has 0 amide bonds. The van der Waals surface area contributed by atoms with Gasteiger partial charge in [-0.15, -0.1) is 0 Å². The SMILES string of the molecule is CN1C=CC=C(N=Nc2ccc(Nc3ccccc3)cc2)C=I1. The van der Waals surface area contributed by atoms with Crippen LogP contribution >= 0.6 is 21.0 Å². The van der Waals surface area contributed by atoms with E-state index in [0.29, 0.717) is 0 Å². The lowest BCUT2D eigenvalue weighted by molar-refractivity contribution is 0.835. The van der Waals surface area contributed by atoms with Crippen molar-refractivity contribution in [3.63, 3.8) is 0 Å². The van der Waals surface area contributed by atoms with E-state index in [1.165, 1.54) is 0 Å². The van der Waals surface area contributed by atoms with E-state index in [9.17, 15) is 0 Å². The van der Waals surface area contributed by atoms with Crippen LogP contribution in [0.5, 0.6) is 0 Å². The Kier molecular flexibility index (Phi) is 5.31. The lowest BCUT2D eigenvalue weighted by Crippen LogP contribution is -1.90. The molecule has 1 aliphatic rings. The van der Waals surface area contributed by atoms with Crippen molar-refractivity contribution in [2.24, 2.45) is 10.2 Å². The predicted octanol–water partition coefficient (Wildman–Crippen LogP) is 5.54. The van der Waals surface area contributed by atoms with Crippen molar-refractivity contribution in [3.8, 4) is 0 Å². The standard InChI is InChI=1S/C18H17IN4/c1-23-13-5-8-18(14-19-23)22-21-17-11-9-16(10-12-17)20-15-6-3-2-4-7-15/h2-14,20H,1H3. The number of anilines is 2. The number of rotatable bonds is 4. The smallest absolute Gasteiger partial charge is 0.0927 e. The van der Waals surface area contributed by atoms with Gasteiger partial charge in [-0.3, -0.25) is 0 Å². The molecule has 0 aliphatic carbocycles. The Labute approximate surface area is 146 Å². The van der Waals surface area contributed by atoms with Gasteiger partial charge in [0, 0.05) is 49.6 Å². The van der Waals surface area contributed by atoms with Gasteiger partial charge in [-0.2, -0.15) is 10.2 Å². The van der Waals surface area contributed by atoms with Gasteiger partial charge in [-0.1, -0.05) is 18.2 Å². The molecule has 1 N–H and O–H groups in total. The normalized spacial score (nSPS) is 14.3. The van der Waals surface area contributed by atoms with Gasteiger partial charge in [0.2, 0.25) is 0 Å². The molecule has 0 atom stereocenters. The quantitative estimate of drug-likeness (QED) is 0.404. The molecule has 4 nitrogen and oxygen atoms in total. The largest absolute Gasteiger partial charge is 0.356 e. The van der Waals surface area contributed by atoms with Crippen LogP contribution in [0.3, 0.4) is 0 Å². The highest BCUT2D eigenvalue weighted by atomic mass is 127. The summed E-state index contributed by atoms with van der Waals surface area (Å²) in [5, 5.41) is 12.0. The molecule has 5 heteroatoms. The number of nitrogens with one attached hydrogen (secondary N) is 1. The van der Waals surface area contributed by atoms with Gasteiger partial charge < -0.3 is 8.43 Å². The topological polar surface area (TPSA) is 40.0 Å². The van der Waals surface area contributed by atoms with Crippen molar-refractivity contribution in [1.82, 2.24) is 3.11 Å². The summed E-state index contributed by atoms with van der Waals surface area (Å²) in [6, 6.07) is 18.0. The predicted molar refractivity (Wildman–Crippen MR) is 106 cm³/mol. The van der Waals surface area contributed by atoms with Crippen molar-refractivity contribution < 1.29 is 0 Å². The van der Waals surface area contributed by atoms with Gasteiger partial charge in [0.25, 0.3) is 0 Å². The number of para-hydroxylation sites is 1. The van der Waals surface area contributed by atoms with Crippen LogP contribution in [-0.4, -0.2) is 14.2 Å². The molecular formula is C18H17IN4. The van der Waals surface area contributed by atoms with Crippen LogP contribution in [0.2, 0.25) is 0 Å². The van der Waals surface area contributed by atoms with Crippen molar-refractivity contribution in [2.75, 3.05) is 12.4 Å². The monoisotopic (exact) mass is 416 g/mol. The molecule has 0 saturated heterocycles. The van der Waals surface area contributed by atoms with E-state index in [0.717, 1.165) is 22.8 Å². The summed E-state index contributed by atoms with van der Waals surface area (Å²) in [5.74, 6) is 0. The molecule has 23 heavy (non-hydrogen) atoms. The molecule has 2 aromatic carbocycles. The number of halogens is 1. The Morgan fingerprint density at radius 3 is 2.43 bits per heavy atom. The van der Waals surface area contributed by atoms with Crippen LogP contribution in [0, 0.1) is 0 Å². The Morgan fingerprint density at radius 1 is 0.913 bits per heavy atom. The Hall–Kier alpha value is -2.28. The number of hydrogen-bond acceptors (Lipinski definition) is 4. The third-order valence-electron chi connectivity index (χ3n) is 3.08.